The Labute approximate surface area is 124 Å². The fourth-order valence-corrected chi connectivity index (χ4v) is 1.76. The molecule has 2 N–H and O–H groups in total. The molecule has 108 valence electrons. The number of benzene rings is 1. The summed E-state index contributed by atoms with van der Waals surface area (Å²) in [6, 6.07) is 7.21. The van der Waals surface area contributed by atoms with Crippen LogP contribution >= 0.6 is 12.2 Å². The Hall–Kier alpha value is -1.84. The van der Waals surface area contributed by atoms with Crippen molar-refractivity contribution in [1.29, 1.82) is 5.26 Å². The maximum Gasteiger partial charge on any atom is 0.170 e. The molecule has 0 heterocycles. The number of hydrogen-bond acceptors (Lipinski definition) is 4. The molecular formula is C14H19N3O2S. The van der Waals surface area contributed by atoms with Crippen molar-refractivity contribution < 1.29 is 9.47 Å². The van der Waals surface area contributed by atoms with Crippen LogP contribution in [0.5, 0.6) is 5.75 Å². The van der Waals surface area contributed by atoms with E-state index in [1.54, 1.807) is 25.3 Å². The van der Waals surface area contributed by atoms with Crippen LogP contribution in [0.4, 0.5) is 5.69 Å². The van der Waals surface area contributed by atoms with Gasteiger partial charge in [-0.15, -0.1) is 0 Å². The summed E-state index contributed by atoms with van der Waals surface area (Å²) in [7, 11) is 1.56. The van der Waals surface area contributed by atoms with E-state index in [9.17, 15) is 0 Å². The second kappa shape index (κ2) is 9.13. The van der Waals surface area contributed by atoms with E-state index in [1.165, 1.54) is 0 Å². The van der Waals surface area contributed by atoms with E-state index in [0.29, 0.717) is 23.0 Å². The summed E-state index contributed by atoms with van der Waals surface area (Å²) in [5.74, 6) is 0.586. The normalized spacial score (nSPS) is 9.65. The molecule has 20 heavy (non-hydrogen) atoms. The average Bonchev–Trinajstić information content (AvgIpc) is 2.47. The van der Waals surface area contributed by atoms with Crippen LogP contribution in [0.2, 0.25) is 0 Å². The second-order valence-electron chi connectivity index (χ2n) is 3.96. The topological polar surface area (TPSA) is 66.3 Å². The van der Waals surface area contributed by atoms with Crippen LogP contribution in [0.25, 0.3) is 0 Å². The highest BCUT2D eigenvalue weighted by atomic mass is 32.1. The maximum atomic E-state index is 8.84. The van der Waals surface area contributed by atoms with Crippen molar-refractivity contribution in [2.24, 2.45) is 0 Å². The lowest BCUT2D eigenvalue weighted by atomic mass is 10.2. The van der Waals surface area contributed by atoms with E-state index in [1.807, 2.05) is 6.92 Å². The van der Waals surface area contributed by atoms with E-state index in [4.69, 9.17) is 27.0 Å². The molecule has 0 aliphatic heterocycles. The van der Waals surface area contributed by atoms with Crippen LogP contribution in [0.3, 0.4) is 0 Å². The van der Waals surface area contributed by atoms with Crippen molar-refractivity contribution in [3.05, 3.63) is 23.8 Å². The number of ether oxygens (including phenoxy) is 2. The van der Waals surface area contributed by atoms with Gasteiger partial charge < -0.3 is 20.1 Å². The molecule has 0 amide bonds. The molecule has 0 saturated carbocycles. The van der Waals surface area contributed by atoms with E-state index >= 15 is 0 Å². The van der Waals surface area contributed by atoms with Crippen molar-refractivity contribution in [3.63, 3.8) is 0 Å². The third kappa shape index (κ3) is 5.43. The minimum absolute atomic E-state index is 0.518. The van der Waals surface area contributed by atoms with Gasteiger partial charge in [0.2, 0.25) is 0 Å². The number of nitrogens with one attached hydrogen (secondary N) is 2. The lowest BCUT2D eigenvalue weighted by Crippen LogP contribution is -2.30. The Morgan fingerprint density at radius 3 is 2.90 bits per heavy atom. The Kier molecular flexibility index (Phi) is 7.40. The molecule has 1 aromatic rings. The summed E-state index contributed by atoms with van der Waals surface area (Å²) in [6.45, 7) is 4.15. The first-order valence-electron chi connectivity index (χ1n) is 6.42. The first-order chi connectivity index (χ1) is 9.71. The first kappa shape index (κ1) is 16.2. The number of rotatable bonds is 7. The fraction of sp³-hybridized carbons (Fsp3) is 0.429. The van der Waals surface area contributed by atoms with Crippen LogP contribution in [0, 0.1) is 11.3 Å². The van der Waals surface area contributed by atoms with Gasteiger partial charge in [-0.3, -0.25) is 0 Å². The second-order valence-corrected chi connectivity index (χ2v) is 4.37. The van der Waals surface area contributed by atoms with Gasteiger partial charge in [-0.25, -0.2) is 0 Å². The van der Waals surface area contributed by atoms with Crippen molar-refractivity contribution >= 4 is 23.0 Å². The minimum Gasteiger partial charge on any atom is -0.495 e. The predicted octanol–water partition coefficient (Wildman–Crippen LogP) is 2.28. The Morgan fingerprint density at radius 1 is 1.45 bits per heavy atom. The van der Waals surface area contributed by atoms with Crippen LogP contribution in [0.15, 0.2) is 18.2 Å². The smallest absolute Gasteiger partial charge is 0.170 e. The molecular weight excluding hydrogens is 274 g/mol. The SMILES string of the molecule is CCOCCCNC(=S)Nc1ccc(C#N)cc1OC. The van der Waals surface area contributed by atoms with Gasteiger partial charge in [0.25, 0.3) is 0 Å². The van der Waals surface area contributed by atoms with Crippen LogP contribution in [-0.2, 0) is 4.74 Å². The van der Waals surface area contributed by atoms with Gasteiger partial charge in [0, 0.05) is 25.8 Å². The first-order valence-corrected chi connectivity index (χ1v) is 6.82. The van der Waals surface area contributed by atoms with E-state index in [2.05, 4.69) is 16.7 Å². The van der Waals surface area contributed by atoms with Gasteiger partial charge in [0.05, 0.1) is 24.4 Å². The van der Waals surface area contributed by atoms with Gasteiger partial charge >= 0.3 is 0 Å². The van der Waals surface area contributed by atoms with Gasteiger partial charge in [0.1, 0.15) is 5.75 Å². The number of thiocarbonyl (C=S) groups is 1. The number of methoxy groups -OCH3 is 1. The third-order valence-electron chi connectivity index (χ3n) is 2.53. The minimum atomic E-state index is 0.518. The Bertz CT molecular complexity index is 486. The van der Waals surface area contributed by atoms with Crippen LogP contribution < -0.4 is 15.4 Å². The van der Waals surface area contributed by atoms with Gasteiger partial charge in [-0.1, -0.05) is 0 Å². The average molecular weight is 293 g/mol. The molecule has 1 rings (SSSR count). The van der Waals surface area contributed by atoms with E-state index in [0.717, 1.165) is 25.3 Å². The summed E-state index contributed by atoms with van der Waals surface area (Å²) in [4.78, 5) is 0. The van der Waals surface area contributed by atoms with Gasteiger partial charge in [-0.05, 0) is 37.7 Å². The lowest BCUT2D eigenvalue weighted by molar-refractivity contribution is 0.146. The number of anilines is 1. The largest absolute Gasteiger partial charge is 0.495 e. The number of nitriles is 1. The molecule has 0 fully saturated rings. The molecule has 0 atom stereocenters. The number of hydrogen-bond donors (Lipinski definition) is 2. The zero-order valence-electron chi connectivity index (χ0n) is 11.7. The summed E-state index contributed by atoms with van der Waals surface area (Å²) < 4.78 is 10.5. The maximum absolute atomic E-state index is 8.84. The molecule has 0 aromatic heterocycles. The van der Waals surface area contributed by atoms with E-state index < -0.39 is 0 Å². The van der Waals surface area contributed by atoms with Crippen molar-refractivity contribution in [3.8, 4) is 11.8 Å². The molecule has 6 heteroatoms. The highest BCUT2D eigenvalue weighted by Gasteiger charge is 2.05. The fourth-order valence-electron chi connectivity index (χ4n) is 1.55. The molecule has 5 nitrogen and oxygen atoms in total. The zero-order valence-corrected chi connectivity index (χ0v) is 12.5. The molecule has 0 saturated heterocycles. The molecule has 0 bridgehead atoms. The Balaban J connectivity index is 2.47. The molecule has 0 radical (unpaired) electrons. The van der Waals surface area contributed by atoms with Crippen molar-refractivity contribution in [2.75, 3.05) is 32.2 Å². The van der Waals surface area contributed by atoms with Crippen molar-refractivity contribution in [1.82, 2.24) is 5.32 Å². The van der Waals surface area contributed by atoms with Crippen LogP contribution in [-0.4, -0.2) is 32.0 Å². The molecule has 0 aliphatic rings. The van der Waals surface area contributed by atoms with E-state index in [-0.39, 0.29) is 0 Å². The highest BCUT2D eigenvalue weighted by molar-refractivity contribution is 7.80. The lowest BCUT2D eigenvalue weighted by Gasteiger charge is -2.13. The quantitative estimate of drug-likeness (QED) is 0.594. The zero-order chi connectivity index (χ0) is 14.8. The highest BCUT2D eigenvalue weighted by Crippen LogP contribution is 2.25. The Morgan fingerprint density at radius 2 is 2.25 bits per heavy atom. The van der Waals surface area contributed by atoms with Gasteiger partial charge in [0.15, 0.2) is 5.11 Å². The van der Waals surface area contributed by atoms with Crippen LogP contribution in [0.1, 0.15) is 18.9 Å². The monoisotopic (exact) mass is 293 g/mol. The third-order valence-corrected chi connectivity index (χ3v) is 2.78. The summed E-state index contributed by atoms with van der Waals surface area (Å²) in [5.41, 5.74) is 1.27. The summed E-state index contributed by atoms with van der Waals surface area (Å²) in [5, 5.41) is 15.5. The molecule has 0 unspecified atom stereocenters. The predicted molar refractivity (Wildman–Crippen MR) is 83.0 cm³/mol. The summed E-state index contributed by atoms with van der Waals surface area (Å²) in [6.07, 6.45) is 0.889. The standard InChI is InChI=1S/C14H19N3O2S/c1-3-19-8-4-7-16-14(20)17-12-6-5-11(10-15)9-13(12)18-2/h5-6,9H,3-4,7-8H2,1-2H3,(H2,16,17,20). The van der Waals surface area contributed by atoms with Gasteiger partial charge in [-0.2, -0.15) is 5.26 Å². The summed E-state index contributed by atoms with van der Waals surface area (Å²) >= 11 is 5.20. The molecule has 0 aliphatic carbocycles. The molecule has 0 spiro atoms. The van der Waals surface area contributed by atoms with Crippen molar-refractivity contribution in [2.45, 2.75) is 13.3 Å². The molecule has 1 aromatic carbocycles. The number of nitrogens with zero attached hydrogens (tertiary/aromatic N) is 1.